The number of halogens is 1. The number of aliphatic hydroxyl groups excluding tert-OH is 2. The van der Waals surface area contributed by atoms with Gasteiger partial charge in [-0.15, -0.1) is 0 Å². The van der Waals surface area contributed by atoms with Crippen molar-refractivity contribution in [2.75, 3.05) is 12.4 Å². The van der Waals surface area contributed by atoms with Crippen LogP contribution in [-0.4, -0.2) is 50.3 Å². The predicted octanol–water partition coefficient (Wildman–Crippen LogP) is -1.56. The van der Waals surface area contributed by atoms with Gasteiger partial charge < -0.3 is 26.4 Å². The molecule has 1 aromatic rings. The molecule has 126 valence electrons. The Bertz CT molecular complexity index is 711. The molecule has 1 saturated heterocycles. The lowest BCUT2D eigenvalue weighted by Gasteiger charge is -2.29. The van der Waals surface area contributed by atoms with E-state index in [2.05, 4.69) is 16.8 Å². The highest BCUT2D eigenvalue weighted by molar-refractivity contribution is 5.31. The van der Waals surface area contributed by atoms with E-state index in [1.165, 1.54) is 13.0 Å². The lowest BCUT2D eigenvalue weighted by Crippen LogP contribution is -2.55. The molecule has 1 aliphatic heterocycles. The molecule has 9 heteroatoms. The fourth-order valence-corrected chi connectivity index (χ4v) is 2.64. The van der Waals surface area contributed by atoms with Gasteiger partial charge in [0.1, 0.15) is 24.7 Å². The second-order valence-electron chi connectivity index (χ2n) is 5.48. The van der Waals surface area contributed by atoms with E-state index in [4.69, 9.17) is 16.2 Å². The molecule has 0 aliphatic carbocycles. The molecule has 8 nitrogen and oxygen atoms in total. The van der Waals surface area contributed by atoms with Crippen molar-refractivity contribution in [2.24, 2.45) is 5.73 Å². The molecule has 2 unspecified atom stereocenters. The van der Waals surface area contributed by atoms with Crippen molar-refractivity contribution < 1.29 is 19.3 Å². The molecule has 6 N–H and O–H groups in total. The molecule has 5 atom stereocenters. The van der Waals surface area contributed by atoms with Crippen molar-refractivity contribution in [1.29, 1.82) is 0 Å². The van der Waals surface area contributed by atoms with Crippen LogP contribution in [0.25, 0.3) is 0 Å². The van der Waals surface area contributed by atoms with Crippen LogP contribution >= 0.6 is 0 Å². The average molecular weight is 326 g/mol. The summed E-state index contributed by atoms with van der Waals surface area (Å²) >= 11 is 0. The number of aryl methyl sites for hydroxylation is 1. The summed E-state index contributed by atoms with van der Waals surface area (Å²) in [6, 6.07) is 1.43. The van der Waals surface area contributed by atoms with Crippen LogP contribution in [0.1, 0.15) is 18.8 Å². The summed E-state index contributed by atoms with van der Waals surface area (Å²) in [5.41, 5.74) is 9.48. The lowest BCUT2D eigenvalue weighted by molar-refractivity contribution is -0.0783. The van der Waals surface area contributed by atoms with Crippen LogP contribution < -0.4 is 17.2 Å². The monoisotopic (exact) mass is 326 g/mol. The number of nitrogens with two attached hydrogens (primary N) is 2. The minimum Gasteiger partial charge on any atom is -0.391 e. The standard InChI is InChI=1S/C14H19FN4O4/c1-7-6-9(16)18-13(22)19(7)12-14(17,4-3-5-15)11(21)10(23-12)8(2)20/h6,8,10-12,20-21H,5,17H2,1-2H3,(H2,16,18,22)/t8-,10?,11-,12+,14?/m0/s1. The normalized spacial score (nSPS) is 31.5. The number of aliphatic hydroxyl groups is 2. The number of ether oxygens (including phenoxy) is 1. The molecular weight excluding hydrogens is 307 g/mol. The Balaban J connectivity index is 2.61. The third-order valence-corrected chi connectivity index (χ3v) is 3.74. The van der Waals surface area contributed by atoms with E-state index in [1.807, 2.05) is 0 Å². The summed E-state index contributed by atoms with van der Waals surface area (Å²) in [6.07, 6.45) is -4.86. The van der Waals surface area contributed by atoms with Crippen LogP contribution in [0.5, 0.6) is 0 Å². The Morgan fingerprint density at radius 1 is 1.65 bits per heavy atom. The summed E-state index contributed by atoms with van der Waals surface area (Å²) in [5, 5.41) is 20.1. The Morgan fingerprint density at radius 2 is 2.30 bits per heavy atom. The highest BCUT2D eigenvalue weighted by atomic mass is 19.1. The molecule has 1 aromatic heterocycles. The number of hydrogen-bond donors (Lipinski definition) is 4. The van der Waals surface area contributed by atoms with Gasteiger partial charge in [0.15, 0.2) is 11.8 Å². The Morgan fingerprint density at radius 3 is 2.83 bits per heavy atom. The SMILES string of the molecule is Cc1cc(N)nc(=O)n1[C@@H]1OC([C@H](C)O)[C@H](O)C1(N)C#CCF. The van der Waals surface area contributed by atoms with Crippen molar-refractivity contribution in [2.45, 2.75) is 43.9 Å². The van der Waals surface area contributed by atoms with Gasteiger partial charge in [-0.05, 0) is 19.9 Å². The Hall–Kier alpha value is -1.99. The number of rotatable bonds is 2. The quantitative estimate of drug-likeness (QED) is 0.483. The molecule has 23 heavy (non-hydrogen) atoms. The molecule has 2 rings (SSSR count). The van der Waals surface area contributed by atoms with Crippen molar-refractivity contribution in [3.05, 3.63) is 22.2 Å². The van der Waals surface area contributed by atoms with Gasteiger partial charge in [-0.3, -0.25) is 4.57 Å². The number of alkyl halides is 1. The summed E-state index contributed by atoms with van der Waals surface area (Å²) in [6.45, 7) is 2.00. The topological polar surface area (TPSA) is 137 Å². The summed E-state index contributed by atoms with van der Waals surface area (Å²) in [7, 11) is 0. The van der Waals surface area contributed by atoms with Gasteiger partial charge in [0.25, 0.3) is 0 Å². The number of aromatic nitrogens is 2. The first-order valence-electron chi connectivity index (χ1n) is 6.94. The first-order chi connectivity index (χ1) is 10.7. The molecule has 2 heterocycles. The van der Waals surface area contributed by atoms with Gasteiger partial charge in [0, 0.05) is 5.69 Å². The average Bonchev–Trinajstić information content (AvgIpc) is 2.70. The van der Waals surface area contributed by atoms with Gasteiger partial charge in [-0.25, -0.2) is 9.18 Å². The summed E-state index contributed by atoms with van der Waals surface area (Å²) in [4.78, 5) is 15.8. The maximum atomic E-state index is 12.4. The zero-order valence-electron chi connectivity index (χ0n) is 12.7. The van der Waals surface area contributed by atoms with E-state index >= 15 is 0 Å². The third-order valence-electron chi connectivity index (χ3n) is 3.74. The first-order valence-corrected chi connectivity index (χ1v) is 6.94. The van der Waals surface area contributed by atoms with Gasteiger partial charge >= 0.3 is 5.69 Å². The van der Waals surface area contributed by atoms with Crippen molar-refractivity contribution in [3.63, 3.8) is 0 Å². The van der Waals surface area contributed by atoms with Crippen LogP contribution in [-0.2, 0) is 4.74 Å². The van der Waals surface area contributed by atoms with Crippen LogP contribution in [0.15, 0.2) is 10.9 Å². The van der Waals surface area contributed by atoms with E-state index < -0.39 is 42.4 Å². The maximum Gasteiger partial charge on any atom is 0.351 e. The van der Waals surface area contributed by atoms with Crippen molar-refractivity contribution in [3.8, 4) is 11.8 Å². The third kappa shape index (κ3) is 2.94. The number of anilines is 1. The lowest BCUT2D eigenvalue weighted by atomic mass is 9.90. The number of nitrogens with zero attached hydrogens (tertiary/aromatic N) is 2. The highest BCUT2D eigenvalue weighted by Gasteiger charge is 2.56. The van der Waals surface area contributed by atoms with Gasteiger partial charge in [-0.2, -0.15) is 4.98 Å². The second-order valence-corrected chi connectivity index (χ2v) is 5.48. The second kappa shape index (κ2) is 6.25. The molecule has 0 spiro atoms. The van der Waals surface area contributed by atoms with E-state index in [0.29, 0.717) is 5.69 Å². The molecule has 1 fully saturated rings. The number of hydrogen-bond acceptors (Lipinski definition) is 7. The van der Waals surface area contributed by atoms with Crippen LogP contribution in [0.2, 0.25) is 0 Å². The van der Waals surface area contributed by atoms with E-state index in [-0.39, 0.29) is 5.82 Å². The van der Waals surface area contributed by atoms with Crippen molar-refractivity contribution in [1.82, 2.24) is 9.55 Å². The van der Waals surface area contributed by atoms with Gasteiger partial charge in [0.05, 0.1) is 6.10 Å². The molecule has 0 radical (unpaired) electrons. The Kier molecular flexibility index (Phi) is 4.72. The van der Waals surface area contributed by atoms with E-state index in [1.54, 1.807) is 6.92 Å². The van der Waals surface area contributed by atoms with Crippen molar-refractivity contribution >= 4 is 5.82 Å². The fraction of sp³-hybridized carbons (Fsp3) is 0.571. The molecule has 1 aliphatic rings. The van der Waals surface area contributed by atoms with Crippen LogP contribution in [0, 0.1) is 18.8 Å². The molecule has 0 saturated carbocycles. The zero-order chi connectivity index (χ0) is 17.4. The minimum atomic E-state index is -1.79. The highest BCUT2D eigenvalue weighted by Crippen LogP contribution is 2.37. The summed E-state index contributed by atoms with van der Waals surface area (Å²) in [5.74, 6) is 4.57. The number of nitrogen functional groups attached to an aromatic ring is 1. The molecule has 0 amide bonds. The molecule has 0 aromatic carbocycles. The largest absolute Gasteiger partial charge is 0.391 e. The maximum absolute atomic E-state index is 12.4. The van der Waals surface area contributed by atoms with Crippen LogP contribution in [0.4, 0.5) is 10.2 Å². The zero-order valence-corrected chi connectivity index (χ0v) is 12.7. The van der Waals surface area contributed by atoms with Gasteiger partial charge in [0.2, 0.25) is 0 Å². The fourth-order valence-electron chi connectivity index (χ4n) is 2.64. The van der Waals surface area contributed by atoms with E-state index in [9.17, 15) is 19.4 Å². The molecule has 0 bridgehead atoms. The summed E-state index contributed by atoms with van der Waals surface area (Å²) < 4.78 is 19.1. The minimum absolute atomic E-state index is 0.0202. The first kappa shape index (κ1) is 17.4. The molecular formula is C14H19FN4O4. The van der Waals surface area contributed by atoms with E-state index in [0.717, 1.165) is 4.57 Å². The van der Waals surface area contributed by atoms with Gasteiger partial charge in [-0.1, -0.05) is 11.8 Å². The smallest absolute Gasteiger partial charge is 0.351 e. The Labute approximate surface area is 131 Å². The predicted molar refractivity (Wildman–Crippen MR) is 79.9 cm³/mol. The van der Waals surface area contributed by atoms with Crippen LogP contribution in [0.3, 0.4) is 0 Å².